The maximum atomic E-state index is 10.1. The van der Waals surface area contributed by atoms with Crippen molar-refractivity contribution < 1.29 is 9.90 Å². The number of carbonyl (C=O) groups is 1. The average molecular weight is 146 g/mol. The Balaban J connectivity index is 3.21. The van der Waals surface area contributed by atoms with Crippen LogP contribution in [0.1, 0.15) is 6.42 Å². The summed E-state index contributed by atoms with van der Waals surface area (Å²) in [5, 5.41) is 8.27. The molecule has 0 radical (unpaired) electrons. The van der Waals surface area contributed by atoms with Crippen molar-refractivity contribution >= 4 is 5.97 Å². The lowest BCUT2D eigenvalue weighted by Gasteiger charge is -2.12. The maximum absolute atomic E-state index is 10.1. The van der Waals surface area contributed by atoms with Crippen LogP contribution in [0.4, 0.5) is 0 Å². The van der Waals surface area contributed by atoms with Crippen molar-refractivity contribution in [3.8, 4) is 0 Å². The molecule has 10 heavy (non-hydrogen) atoms. The van der Waals surface area contributed by atoms with Gasteiger partial charge in [-0.15, -0.1) is 0 Å². The Bertz CT molecular complexity index is 106. The molecule has 0 saturated carbocycles. The van der Waals surface area contributed by atoms with Crippen molar-refractivity contribution in [1.82, 2.24) is 4.90 Å². The van der Waals surface area contributed by atoms with E-state index in [1.165, 1.54) is 0 Å². The molecule has 60 valence electrons. The van der Waals surface area contributed by atoms with Crippen LogP contribution in [0.3, 0.4) is 0 Å². The molecule has 0 aromatic rings. The van der Waals surface area contributed by atoms with Gasteiger partial charge in [0.2, 0.25) is 0 Å². The van der Waals surface area contributed by atoms with E-state index in [9.17, 15) is 4.79 Å². The van der Waals surface area contributed by atoms with E-state index >= 15 is 0 Å². The first kappa shape index (κ1) is 9.39. The number of nitrogens with zero attached hydrogens (tertiary/aromatic N) is 1. The molecule has 0 unspecified atom stereocenters. The van der Waals surface area contributed by atoms with Gasteiger partial charge in [-0.25, -0.2) is 0 Å². The molecule has 0 amide bonds. The van der Waals surface area contributed by atoms with E-state index in [1.807, 2.05) is 11.9 Å². The zero-order chi connectivity index (χ0) is 7.98. The third-order valence-corrected chi connectivity index (χ3v) is 1.22. The summed E-state index contributed by atoms with van der Waals surface area (Å²) in [6.45, 7) is 1.91. The molecule has 0 bridgehead atoms. The molecule has 0 fully saturated rings. The van der Waals surface area contributed by atoms with Crippen LogP contribution in [0.5, 0.6) is 0 Å². The van der Waals surface area contributed by atoms with Crippen LogP contribution in [0.15, 0.2) is 0 Å². The Morgan fingerprint density at radius 3 is 2.60 bits per heavy atom. The largest absolute Gasteiger partial charge is 0.481 e. The van der Waals surface area contributed by atoms with Gasteiger partial charge in [0.25, 0.3) is 0 Å². The second-order valence-electron chi connectivity index (χ2n) is 2.24. The van der Waals surface area contributed by atoms with Gasteiger partial charge in [-0.2, -0.15) is 0 Å². The third-order valence-electron chi connectivity index (χ3n) is 1.22. The Labute approximate surface area is 60.6 Å². The fraction of sp³-hybridized carbons (Fsp3) is 0.833. The van der Waals surface area contributed by atoms with Crippen molar-refractivity contribution in [2.75, 3.05) is 26.7 Å². The Morgan fingerprint density at radius 1 is 1.60 bits per heavy atom. The molecule has 0 aliphatic heterocycles. The maximum Gasteiger partial charge on any atom is 0.304 e. The highest BCUT2D eigenvalue weighted by Gasteiger charge is 1.99. The summed E-state index contributed by atoms with van der Waals surface area (Å²) in [7, 11) is 1.86. The molecular formula is C6H14N2O2. The smallest absolute Gasteiger partial charge is 0.304 e. The molecular weight excluding hydrogens is 132 g/mol. The van der Waals surface area contributed by atoms with Gasteiger partial charge in [0.05, 0.1) is 6.42 Å². The zero-order valence-corrected chi connectivity index (χ0v) is 6.21. The minimum atomic E-state index is -0.760. The van der Waals surface area contributed by atoms with Gasteiger partial charge >= 0.3 is 5.97 Å². The number of hydrogen-bond acceptors (Lipinski definition) is 3. The summed E-state index contributed by atoms with van der Waals surface area (Å²) in [5.74, 6) is -0.760. The van der Waals surface area contributed by atoms with Crippen molar-refractivity contribution in [3.05, 3.63) is 0 Å². The predicted octanol–water partition coefficient (Wildman–Crippen LogP) is -0.648. The summed E-state index contributed by atoms with van der Waals surface area (Å²) >= 11 is 0. The van der Waals surface area contributed by atoms with Crippen LogP contribution in [0, 0.1) is 0 Å². The second-order valence-corrected chi connectivity index (χ2v) is 2.24. The van der Waals surface area contributed by atoms with E-state index in [1.54, 1.807) is 0 Å². The van der Waals surface area contributed by atoms with Crippen LogP contribution < -0.4 is 5.73 Å². The molecule has 4 nitrogen and oxygen atoms in total. The number of nitrogens with two attached hydrogens (primary N) is 1. The minimum absolute atomic E-state index is 0.191. The predicted molar refractivity (Wildman–Crippen MR) is 38.8 cm³/mol. The van der Waals surface area contributed by atoms with Gasteiger partial charge in [0.15, 0.2) is 0 Å². The summed E-state index contributed by atoms with van der Waals surface area (Å²) in [6.07, 6.45) is 0.191. The van der Waals surface area contributed by atoms with Gasteiger partial charge in [-0.05, 0) is 7.05 Å². The van der Waals surface area contributed by atoms with Crippen LogP contribution in [-0.2, 0) is 4.79 Å². The fourth-order valence-corrected chi connectivity index (χ4v) is 0.619. The number of hydrogen-bond donors (Lipinski definition) is 2. The molecule has 0 aliphatic carbocycles. The standard InChI is InChI=1S/C6H14N2O2/c1-8(5-3-7)4-2-6(9)10/h2-5,7H2,1H3,(H,9,10). The van der Waals surface area contributed by atoms with Gasteiger partial charge < -0.3 is 15.7 Å². The van der Waals surface area contributed by atoms with Gasteiger partial charge in [-0.3, -0.25) is 4.79 Å². The van der Waals surface area contributed by atoms with Crippen molar-refractivity contribution in [1.29, 1.82) is 0 Å². The van der Waals surface area contributed by atoms with Crippen molar-refractivity contribution in [2.45, 2.75) is 6.42 Å². The van der Waals surface area contributed by atoms with Gasteiger partial charge in [-0.1, -0.05) is 0 Å². The van der Waals surface area contributed by atoms with E-state index < -0.39 is 5.97 Å². The van der Waals surface area contributed by atoms with E-state index in [-0.39, 0.29) is 6.42 Å². The highest BCUT2D eigenvalue weighted by atomic mass is 16.4. The first-order valence-corrected chi connectivity index (χ1v) is 3.27. The zero-order valence-electron chi connectivity index (χ0n) is 6.21. The monoisotopic (exact) mass is 146 g/mol. The lowest BCUT2D eigenvalue weighted by atomic mass is 10.4. The SMILES string of the molecule is CN(CCN)CCC(=O)O. The third kappa shape index (κ3) is 5.53. The summed E-state index contributed by atoms with van der Waals surface area (Å²) in [6, 6.07) is 0. The highest BCUT2D eigenvalue weighted by Crippen LogP contribution is 1.84. The van der Waals surface area contributed by atoms with E-state index in [0.29, 0.717) is 13.1 Å². The fourth-order valence-electron chi connectivity index (χ4n) is 0.619. The summed E-state index contributed by atoms with van der Waals surface area (Å²) < 4.78 is 0. The molecule has 0 aromatic heterocycles. The number of carboxylic acid groups (broad SMARTS) is 1. The van der Waals surface area contributed by atoms with Crippen LogP contribution in [0.25, 0.3) is 0 Å². The summed E-state index contributed by atoms with van der Waals surface area (Å²) in [5.41, 5.74) is 5.25. The van der Waals surface area contributed by atoms with Crippen LogP contribution in [-0.4, -0.2) is 42.7 Å². The first-order valence-electron chi connectivity index (χ1n) is 3.27. The second kappa shape index (κ2) is 5.20. The molecule has 0 aliphatic rings. The Kier molecular flexibility index (Phi) is 4.88. The number of aliphatic carboxylic acids is 1. The van der Waals surface area contributed by atoms with Crippen LogP contribution in [0.2, 0.25) is 0 Å². The molecule has 4 heteroatoms. The molecule has 3 N–H and O–H groups in total. The Hall–Kier alpha value is -0.610. The van der Waals surface area contributed by atoms with Gasteiger partial charge in [0, 0.05) is 19.6 Å². The molecule has 0 saturated heterocycles. The molecule has 0 spiro atoms. The summed E-state index contributed by atoms with van der Waals surface area (Å²) in [4.78, 5) is 11.9. The van der Waals surface area contributed by atoms with Crippen LogP contribution >= 0.6 is 0 Å². The minimum Gasteiger partial charge on any atom is -0.481 e. The molecule has 0 atom stereocenters. The molecule has 0 rings (SSSR count). The number of carboxylic acids is 1. The van der Waals surface area contributed by atoms with E-state index in [4.69, 9.17) is 10.8 Å². The first-order chi connectivity index (χ1) is 4.66. The lowest BCUT2D eigenvalue weighted by Crippen LogP contribution is -2.27. The van der Waals surface area contributed by atoms with Crippen molar-refractivity contribution in [2.24, 2.45) is 5.73 Å². The molecule has 0 heterocycles. The van der Waals surface area contributed by atoms with E-state index in [0.717, 1.165) is 6.54 Å². The average Bonchev–Trinajstić information content (AvgIpc) is 1.85. The highest BCUT2D eigenvalue weighted by molar-refractivity contribution is 5.66. The lowest BCUT2D eigenvalue weighted by molar-refractivity contribution is -0.137. The molecule has 0 aromatic carbocycles. The van der Waals surface area contributed by atoms with Gasteiger partial charge in [0.1, 0.15) is 0 Å². The normalized spacial score (nSPS) is 10.3. The quantitative estimate of drug-likeness (QED) is 0.541. The number of likely N-dealkylation sites (N-methyl/N-ethyl adjacent to an activating group) is 1. The van der Waals surface area contributed by atoms with E-state index in [2.05, 4.69) is 0 Å². The number of rotatable bonds is 5. The topological polar surface area (TPSA) is 66.6 Å². The Morgan fingerprint density at radius 2 is 2.20 bits per heavy atom. The van der Waals surface area contributed by atoms with Crippen molar-refractivity contribution in [3.63, 3.8) is 0 Å².